The summed E-state index contributed by atoms with van der Waals surface area (Å²) < 4.78 is 5.62. The highest BCUT2D eigenvalue weighted by Crippen LogP contribution is 2.21. The Balaban J connectivity index is 1.93. The van der Waals surface area contributed by atoms with Crippen molar-refractivity contribution in [2.45, 2.75) is 45.1 Å². The molecule has 114 valence electrons. The summed E-state index contributed by atoms with van der Waals surface area (Å²) >= 11 is 0. The van der Waals surface area contributed by atoms with Crippen LogP contribution in [0.2, 0.25) is 0 Å². The molecule has 0 atom stereocenters. The molecule has 0 aliphatic heterocycles. The molecule has 1 aromatic carbocycles. The molecule has 1 aliphatic carbocycles. The van der Waals surface area contributed by atoms with E-state index in [0.717, 1.165) is 31.2 Å². The zero-order chi connectivity index (χ0) is 15.2. The number of amides is 2. The molecule has 0 heterocycles. The van der Waals surface area contributed by atoms with Crippen LogP contribution in [0.5, 0.6) is 0 Å². The lowest BCUT2D eigenvalue weighted by molar-refractivity contribution is -0.123. The first kappa shape index (κ1) is 15.5. The first-order valence-corrected chi connectivity index (χ1v) is 7.39. The van der Waals surface area contributed by atoms with Crippen molar-refractivity contribution in [3.05, 3.63) is 29.3 Å². The van der Waals surface area contributed by atoms with Crippen LogP contribution >= 0.6 is 0 Å². The number of hydrogen-bond donors (Lipinski definition) is 2. The van der Waals surface area contributed by atoms with Gasteiger partial charge in [-0.2, -0.15) is 0 Å². The van der Waals surface area contributed by atoms with Crippen molar-refractivity contribution in [3.8, 4) is 0 Å². The van der Waals surface area contributed by atoms with E-state index < -0.39 is 5.91 Å². The van der Waals surface area contributed by atoms with E-state index in [9.17, 15) is 9.59 Å². The van der Waals surface area contributed by atoms with E-state index in [2.05, 4.69) is 5.32 Å². The molecular weight excluding hydrogens is 268 g/mol. The summed E-state index contributed by atoms with van der Waals surface area (Å²) in [6, 6.07) is 5.24. The molecular formula is C16H22N2O3. The van der Waals surface area contributed by atoms with Gasteiger partial charge in [-0.25, -0.2) is 0 Å². The zero-order valence-electron chi connectivity index (χ0n) is 12.4. The Bertz CT molecular complexity index is 522. The normalized spacial score (nSPS) is 15.7. The summed E-state index contributed by atoms with van der Waals surface area (Å²) in [5, 5.41) is 2.71. The molecule has 1 aliphatic rings. The maximum Gasteiger partial charge on any atom is 0.251 e. The van der Waals surface area contributed by atoms with Crippen LogP contribution in [0.25, 0.3) is 0 Å². The SMILES string of the molecule is Cc1cccc(NC(=O)COC2CCCCC2)c1C(N)=O. The molecule has 2 rings (SSSR count). The number of hydrogen-bond acceptors (Lipinski definition) is 3. The average Bonchev–Trinajstić information content (AvgIpc) is 2.46. The summed E-state index contributed by atoms with van der Waals surface area (Å²) in [6.45, 7) is 1.80. The standard InChI is InChI=1S/C16H22N2O3/c1-11-6-5-9-13(15(11)16(17)20)18-14(19)10-21-12-7-3-2-4-8-12/h5-6,9,12H,2-4,7-8,10H2,1H3,(H2,17,20)(H,18,19). The minimum atomic E-state index is -0.545. The van der Waals surface area contributed by atoms with Crippen LogP contribution in [0.4, 0.5) is 5.69 Å². The number of primary amides is 1. The van der Waals surface area contributed by atoms with Crippen molar-refractivity contribution >= 4 is 17.5 Å². The first-order valence-electron chi connectivity index (χ1n) is 7.39. The van der Waals surface area contributed by atoms with Crippen LogP contribution in [-0.2, 0) is 9.53 Å². The van der Waals surface area contributed by atoms with Crippen LogP contribution in [-0.4, -0.2) is 24.5 Å². The van der Waals surface area contributed by atoms with Crippen LogP contribution in [0.15, 0.2) is 18.2 Å². The van der Waals surface area contributed by atoms with Gasteiger partial charge in [-0.3, -0.25) is 9.59 Å². The van der Waals surface area contributed by atoms with Gasteiger partial charge in [0.25, 0.3) is 5.91 Å². The second kappa shape index (κ2) is 7.22. The third kappa shape index (κ3) is 4.29. The molecule has 5 nitrogen and oxygen atoms in total. The summed E-state index contributed by atoms with van der Waals surface area (Å²) in [7, 11) is 0. The quantitative estimate of drug-likeness (QED) is 0.873. The third-order valence-corrected chi connectivity index (χ3v) is 3.80. The number of carbonyl (C=O) groups excluding carboxylic acids is 2. The van der Waals surface area contributed by atoms with Crippen molar-refractivity contribution in [2.24, 2.45) is 5.73 Å². The van der Waals surface area contributed by atoms with Crippen LogP contribution in [0.1, 0.15) is 48.0 Å². The second-order valence-electron chi connectivity index (χ2n) is 5.48. The lowest BCUT2D eigenvalue weighted by atomic mass is 9.98. The van der Waals surface area contributed by atoms with E-state index in [-0.39, 0.29) is 18.6 Å². The van der Waals surface area contributed by atoms with E-state index >= 15 is 0 Å². The molecule has 0 spiro atoms. The van der Waals surface area contributed by atoms with Gasteiger partial charge in [0.05, 0.1) is 17.4 Å². The van der Waals surface area contributed by atoms with E-state index in [4.69, 9.17) is 10.5 Å². The predicted octanol–water partition coefficient (Wildman–Crippen LogP) is 2.38. The summed E-state index contributed by atoms with van der Waals surface area (Å²) in [6.07, 6.45) is 5.79. The summed E-state index contributed by atoms with van der Waals surface area (Å²) in [4.78, 5) is 23.4. The molecule has 2 amide bonds. The smallest absolute Gasteiger partial charge is 0.251 e. The summed E-state index contributed by atoms with van der Waals surface area (Å²) in [5.74, 6) is -0.801. The molecule has 0 aromatic heterocycles. The first-order chi connectivity index (χ1) is 10.1. The van der Waals surface area contributed by atoms with Crippen molar-refractivity contribution in [2.75, 3.05) is 11.9 Å². The molecule has 0 saturated heterocycles. The van der Waals surface area contributed by atoms with E-state index in [0.29, 0.717) is 11.3 Å². The number of carbonyl (C=O) groups is 2. The zero-order valence-corrected chi connectivity index (χ0v) is 12.4. The minimum absolute atomic E-state index is 0.0107. The van der Waals surface area contributed by atoms with Crippen molar-refractivity contribution in [1.29, 1.82) is 0 Å². The van der Waals surface area contributed by atoms with E-state index in [1.807, 2.05) is 0 Å². The summed E-state index contributed by atoms with van der Waals surface area (Å²) in [5.41, 5.74) is 6.90. The molecule has 0 bridgehead atoms. The van der Waals surface area contributed by atoms with Gasteiger partial charge in [-0.15, -0.1) is 0 Å². The maximum absolute atomic E-state index is 12.0. The van der Waals surface area contributed by atoms with E-state index in [1.165, 1.54) is 6.42 Å². The van der Waals surface area contributed by atoms with Gasteiger partial charge in [0, 0.05) is 0 Å². The third-order valence-electron chi connectivity index (χ3n) is 3.80. The van der Waals surface area contributed by atoms with Crippen LogP contribution in [0, 0.1) is 6.92 Å². The molecule has 1 fully saturated rings. The lowest BCUT2D eigenvalue weighted by Crippen LogP contribution is -2.26. The molecule has 3 N–H and O–H groups in total. The molecule has 1 saturated carbocycles. The number of aryl methyl sites for hydroxylation is 1. The maximum atomic E-state index is 12.0. The molecule has 21 heavy (non-hydrogen) atoms. The molecule has 1 aromatic rings. The highest BCUT2D eigenvalue weighted by molar-refractivity contribution is 6.04. The van der Waals surface area contributed by atoms with Gasteiger partial charge >= 0.3 is 0 Å². The van der Waals surface area contributed by atoms with Gasteiger partial charge in [-0.05, 0) is 31.4 Å². The number of anilines is 1. The number of nitrogens with two attached hydrogens (primary N) is 1. The Morgan fingerprint density at radius 2 is 2.00 bits per heavy atom. The minimum Gasteiger partial charge on any atom is -0.368 e. The molecule has 0 radical (unpaired) electrons. The largest absolute Gasteiger partial charge is 0.368 e. The Morgan fingerprint density at radius 1 is 1.29 bits per heavy atom. The Kier molecular flexibility index (Phi) is 5.33. The van der Waals surface area contributed by atoms with Crippen molar-refractivity contribution in [1.82, 2.24) is 0 Å². The highest BCUT2D eigenvalue weighted by atomic mass is 16.5. The number of rotatable bonds is 5. The fourth-order valence-corrected chi connectivity index (χ4v) is 2.71. The van der Waals surface area contributed by atoms with Gasteiger partial charge < -0.3 is 15.8 Å². The van der Waals surface area contributed by atoms with Crippen LogP contribution in [0.3, 0.4) is 0 Å². The fraction of sp³-hybridized carbons (Fsp3) is 0.500. The van der Waals surface area contributed by atoms with Crippen molar-refractivity contribution in [3.63, 3.8) is 0 Å². The van der Waals surface area contributed by atoms with Gasteiger partial charge in [0.15, 0.2) is 0 Å². The Labute approximate surface area is 124 Å². The van der Waals surface area contributed by atoms with E-state index in [1.54, 1.807) is 25.1 Å². The number of nitrogens with one attached hydrogen (secondary N) is 1. The van der Waals surface area contributed by atoms with Gasteiger partial charge in [0.2, 0.25) is 5.91 Å². The monoisotopic (exact) mass is 290 g/mol. The van der Waals surface area contributed by atoms with Crippen molar-refractivity contribution < 1.29 is 14.3 Å². The Morgan fingerprint density at radius 3 is 2.67 bits per heavy atom. The van der Waals surface area contributed by atoms with Gasteiger partial charge in [0.1, 0.15) is 6.61 Å². The van der Waals surface area contributed by atoms with Gasteiger partial charge in [-0.1, -0.05) is 31.4 Å². The highest BCUT2D eigenvalue weighted by Gasteiger charge is 2.17. The number of benzene rings is 1. The fourth-order valence-electron chi connectivity index (χ4n) is 2.71. The lowest BCUT2D eigenvalue weighted by Gasteiger charge is -2.21. The number of ether oxygens (including phenoxy) is 1. The van der Waals surface area contributed by atoms with Crippen LogP contribution < -0.4 is 11.1 Å². The second-order valence-corrected chi connectivity index (χ2v) is 5.48. The average molecular weight is 290 g/mol. The molecule has 5 heteroatoms. The topological polar surface area (TPSA) is 81.4 Å². The molecule has 0 unspecified atom stereocenters. The predicted molar refractivity (Wildman–Crippen MR) is 81.2 cm³/mol. The Hall–Kier alpha value is -1.88.